The van der Waals surface area contributed by atoms with Crippen LogP contribution in [0.25, 0.3) is 0 Å². The number of rotatable bonds is 6. The van der Waals surface area contributed by atoms with Gasteiger partial charge in [-0.05, 0) is 68.6 Å². The van der Waals surface area contributed by atoms with Gasteiger partial charge in [-0.1, -0.05) is 42.6 Å². The molecule has 2 fully saturated rings. The van der Waals surface area contributed by atoms with Crippen LogP contribution >= 0.6 is 11.6 Å². The van der Waals surface area contributed by atoms with Gasteiger partial charge in [0.05, 0.1) is 23.6 Å². The molecule has 8 heteroatoms. The van der Waals surface area contributed by atoms with Crippen molar-refractivity contribution in [3.8, 4) is 0 Å². The van der Waals surface area contributed by atoms with Gasteiger partial charge < -0.3 is 20.3 Å². The summed E-state index contributed by atoms with van der Waals surface area (Å²) in [7, 11) is 0. The van der Waals surface area contributed by atoms with E-state index in [1.807, 2.05) is 48.7 Å². The van der Waals surface area contributed by atoms with Crippen molar-refractivity contribution in [2.24, 2.45) is 11.8 Å². The summed E-state index contributed by atoms with van der Waals surface area (Å²) >= 11 is 5.99. The number of carbonyl (C=O) groups is 2. The maximum absolute atomic E-state index is 10.6. The molecule has 0 unspecified atom stereocenters. The molecule has 2 aliphatic rings. The summed E-state index contributed by atoms with van der Waals surface area (Å²) in [5, 5.41) is 21.5. The van der Waals surface area contributed by atoms with Gasteiger partial charge >= 0.3 is 11.9 Å². The van der Waals surface area contributed by atoms with Crippen molar-refractivity contribution in [2.45, 2.75) is 50.7 Å². The number of halogens is 1. The van der Waals surface area contributed by atoms with Crippen LogP contribution in [0.2, 0.25) is 5.02 Å². The van der Waals surface area contributed by atoms with Gasteiger partial charge in [0.25, 0.3) is 0 Å². The average Bonchev–Trinajstić information content (AvgIpc) is 2.85. The number of benzene rings is 1. The van der Waals surface area contributed by atoms with E-state index in [1.165, 1.54) is 0 Å². The summed E-state index contributed by atoms with van der Waals surface area (Å²) in [6.07, 6.45) is 6.71. The SMILES string of the molecule is Clc1ccc([C@H](OC2CCNCC2)c2ccccn2)cc1.O=C(O)[C@@H]1CCCC[C@H]1C(=O)O. The van der Waals surface area contributed by atoms with Gasteiger partial charge in [-0.25, -0.2) is 0 Å². The van der Waals surface area contributed by atoms with E-state index in [1.54, 1.807) is 0 Å². The third-order valence-electron chi connectivity index (χ3n) is 6.14. The maximum Gasteiger partial charge on any atom is 0.307 e. The quantitative estimate of drug-likeness (QED) is 0.563. The van der Waals surface area contributed by atoms with Gasteiger partial charge in [0.2, 0.25) is 0 Å². The van der Waals surface area contributed by atoms with E-state index in [4.69, 9.17) is 26.6 Å². The largest absolute Gasteiger partial charge is 0.481 e. The summed E-state index contributed by atoms with van der Waals surface area (Å²) < 4.78 is 6.36. The fraction of sp³-hybridized carbons (Fsp3) is 0.480. The Balaban J connectivity index is 0.000000218. The number of carboxylic acid groups (broad SMARTS) is 2. The Morgan fingerprint density at radius 2 is 1.55 bits per heavy atom. The van der Waals surface area contributed by atoms with Crippen LogP contribution in [0.1, 0.15) is 55.9 Å². The lowest BCUT2D eigenvalue weighted by molar-refractivity contribution is -0.155. The number of hydrogen-bond donors (Lipinski definition) is 3. The van der Waals surface area contributed by atoms with Gasteiger partial charge in [0.1, 0.15) is 6.10 Å². The molecule has 1 saturated carbocycles. The number of ether oxygens (including phenoxy) is 1. The Labute approximate surface area is 199 Å². The fourth-order valence-electron chi connectivity index (χ4n) is 4.33. The topological polar surface area (TPSA) is 109 Å². The number of aromatic nitrogens is 1. The van der Waals surface area contributed by atoms with Gasteiger partial charge in [-0.15, -0.1) is 0 Å². The maximum atomic E-state index is 10.6. The first kappa shape index (κ1) is 25.1. The summed E-state index contributed by atoms with van der Waals surface area (Å²) in [4.78, 5) is 25.7. The number of carboxylic acids is 2. The Morgan fingerprint density at radius 1 is 0.939 bits per heavy atom. The summed E-state index contributed by atoms with van der Waals surface area (Å²) in [5.74, 6) is -3.28. The van der Waals surface area contributed by atoms with Crippen molar-refractivity contribution in [1.82, 2.24) is 10.3 Å². The summed E-state index contributed by atoms with van der Waals surface area (Å²) in [5.41, 5.74) is 2.04. The van der Waals surface area contributed by atoms with Gasteiger partial charge in [-0.2, -0.15) is 0 Å². The standard InChI is InChI=1S/C17H19ClN2O.C8H12O4/c18-14-6-4-13(5-7-14)17(16-3-1-2-10-20-16)21-15-8-11-19-12-9-15;9-7(10)5-3-1-2-4-6(5)8(11)12/h1-7,10,15,17,19H,8-9,11-12H2;5-6H,1-4H2,(H,9,10)(H,11,12)/t17-;5-,6-/m01/s1. The Hall–Kier alpha value is -2.48. The molecule has 0 spiro atoms. The van der Waals surface area contributed by atoms with Crippen molar-refractivity contribution in [2.75, 3.05) is 13.1 Å². The van der Waals surface area contributed by atoms with E-state index in [0.29, 0.717) is 12.8 Å². The zero-order valence-electron chi connectivity index (χ0n) is 18.5. The Morgan fingerprint density at radius 3 is 2.06 bits per heavy atom. The molecular formula is C25H31ClN2O5. The third-order valence-corrected chi connectivity index (χ3v) is 6.40. The predicted octanol–water partition coefficient (Wildman–Crippen LogP) is 4.56. The van der Waals surface area contributed by atoms with Crippen LogP contribution in [-0.2, 0) is 14.3 Å². The van der Waals surface area contributed by atoms with Crippen LogP contribution in [0.15, 0.2) is 48.7 Å². The highest BCUT2D eigenvalue weighted by atomic mass is 35.5. The molecule has 3 N–H and O–H groups in total. The van der Waals surface area contributed by atoms with Crippen LogP contribution in [0, 0.1) is 11.8 Å². The van der Waals surface area contributed by atoms with Crippen LogP contribution in [0.4, 0.5) is 0 Å². The molecule has 1 aliphatic heterocycles. The summed E-state index contributed by atoms with van der Waals surface area (Å²) in [6, 6.07) is 13.8. The van der Waals surface area contributed by atoms with Crippen LogP contribution in [-0.4, -0.2) is 46.3 Å². The molecule has 1 aromatic heterocycles. The zero-order chi connectivity index (χ0) is 23.6. The number of nitrogens with one attached hydrogen (secondary N) is 1. The minimum Gasteiger partial charge on any atom is -0.481 e. The second-order valence-electron chi connectivity index (χ2n) is 8.45. The number of nitrogens with zero attached hydrogens (tertiary/aromatic N) is 1. The van der Waals surface area contributed by atoms with E-state index in [9.17, 15) is 9.59 Å². The second kappa shape index (κ2) is 12.7. The summed E-state index contributed by atoms with van der Waals surface area (Å²) in [6.45, 7) is 2.03. The molecule has 1 aromatic carbocycles. The van der Waals surface area contributed by atoms with Gasteiger partial charge in [0.15, 0.2) is 0 Å². The molecule has 0 bridgehead atoms. The number of aliphatic carboxylic acids is 2. The van der Waals surface area contributed by atoms with Crippen molar-refractivity contribution in [3.05, 3.63) is 64.9 Å². The molecule has 1 saturated heterocycles. The first-order valence-electron chi connectivity index (χ1n) is 11.4. The monoisotopic (exact) mass is 474 g/mol. The first-order valence-corrected chi connectivity index (χ1v) is 11.8. The molecule has 0 radical (unpaired) electrons. The van der Waals surface area contributed by atoms with Crippen LogP contribution in [0.3, 0.4) is 0 Å². The zero-order valence-corrected chi connectivity index (χ0v) is 19.3. The molecule has 2 aromatic rings. The minimum absolute atomic E-state index is 0.133. The highest BCUT2D eigenvalue weighted by Gasteiger charge is 2.35. The lowest BCUT2D eigenvalue weighted by Crippen LogP contribution is -2.33. The molecule has 3 atom stereocenters. The van der Waals surface area contributed by atoms with Gasteiger partial charge in [0, 0.05) is 11.2 Å². The Bertz CT molecular complexity index is 865. The van der Waals surface area contributed by atoms with Crippen molar-refractivity contribution in [3.63, 3.8) is 0 Å². The van der Waals surface area contributed by atoms with E-state index in [0.717, 1.165) is 55.1 Å². The molecule has 178 valence electrons. The molecule has 7 nitrogen and oxygen atoms in total. The molecule has 2 heterocycles. The van der Waals surface area contributed by atoms with Crippen molar-refractivity contribution >= 4 is 23.5 Å². The lowest BCUT2D eigenvalue weighted by atomic mass is 9.79. The highest BCUT2D eigenvalue weighted by Crippen LogP contribution is 2.30. The van der Waals surface area contributed by atoms with E-state index in [-0.39, 0.29) is 12.2 Å². The molecular weight excluding hydrogens is 444 g/mol. The fourth-order valence-corrected chi connectivity index (χ4v) is 4.46. The van der Waals surface area contributed by atoms with E-state index < -0.39 is 23.8 Å². The molecule has 4 rings (SSSR count). The first-order chi connectivity index (χ1) is 16.0. The predicted molar refractivity (Wildman–Crippen MR) is 125 cm³/mol. The average molecular weight is 475 g/mol. The molecule has 0 amide bonds. The Kier molecular flexibility index (Phi) is 9.66. The number of piperidine rings is 1. The van der Waals surface area contributed by atoms with Crippen molar-refractivity contribution in [1.29, 1.82) is 0 Å². The second-order valence-corrected chi connectivity index (χ2v) is 8.88. The van der Waals surface area contributed by atoms with Gasteiger partial charge in [-0.3, -0.25) is 14.6 Å². The smallest absolute Gasteiger partial charge is 0.307 e. The van der Waals surface area contributed by atoms with Crippen LogP contribution < -0.4 is 5.32 Å². The number of pyridine rings is 1. The normalized spacial score (nSPS) is 22.0. The molecule has 1 aliphatic carbocycles. The van der Waals surface area contributed by atoms with E-state index >= 15 is 0 Å². The highest BCUT2D eigenvalue weighted by molar-refractivity contribution is 6.30. The van der Waals surface area contributed by atoms with E-state index in [2.05, 4.69) is 10.3 Å². The molecule has 33 heavy (non-hydrogen) atoms. The van der Waals surface area contributed by atoms with Crippen LogP contribution in [0.5, 0.6) is 0 Å². The minimum atomic E-state index is -0.970. The number of hydrogen-bond acceptors (Lipinski definition) is 5. The lowest BCUT2D eigenvalue weighted by Gasteiger charge is -2.28. The van der Waals surface area contributed by atoms with Crippen molar-refractivity contribution < 1.29 is 24.5 Å². The third kappa shape index (κ3) is 7.52.